The number of halogens is 3. The van der Waals surface area contributed by atoms with Crippen molar-refractivity contribution in [2.24, 2.45) is 5.92 Å². The lowest BCUT2D eigenvalue weighted by molar-refractivity contribution is -0.137. The number of piperazine rings is 1. The third-order valence-electron chi connectivity index (χ3n) is 6.71. The highest BCUT2D eigenvalue weighted by Gasteiger charge is 2.42. The number of nitrogens with one attached hydrogen (secondary N) is 1. The van der Waals surface area contributed by atoms with E-state index in [0.29, 0.717) is 25.2 Å². The van der Waals surface area contributed by atoms with E-state index in [4.69, 9.17) is 0 Å². The van der Waals surface area contributed by atoms with Gasteiger partial charge in [-0.25, -0.2) is 0 Å². The standard InChI is InChI=1S/C26H25F3N4O/c27-26(28,29)20-6-7-23-19(14-20)15-22(25(34)31-16-18-8-10-30-11-9-18)24-17-32(12-13-33(23)24)21-4-2-1-3-5-21/h1-11,14,22,24H,12-13,15-17H2,(H,31,34)/t22-,24+/m0/s1. The molecule has 1 amide bonds. The van der Waals surface area contributed by atoms with Crippen LogP contribution in [0.1, 0.15) is 16.7 Å². The Morgan fingerprint density at radius 1 is 1.03 bits per heavy atom. The Morgan fingerprint density at radius 3 is 2.53 bits per heavy atom. The summed E-state index contributed by atoms with van der Waals surface area (Å²) in [6, 6.07) is 17.4. The zero-order valence-electron chi connectivity index (χ0n) is 18.5. The first-order valence-electron chi connectivity index (χ1n) is 11.3. The number of hydrogen-bond donors (Lipinski definition) is 1. The van der Waals surface area contributed by atoms with E-state index >= 15 is 0 Å². The van der Waals surface area contributed by atoms with E-state index in [2.05, 4.69) is 20.1 Å². The summed E-state index contributed by atoms with van der Waals surface area (Å²) in [5, 5.41) is 3.00. The SMILES string of the molecule is O=C(NCc1ccncc1)[C@H]1Cc2cc(C(F)(F)F)ccc2N2CCN(c3ccccc3)C[C@H]12. The summed E-state index contributed by atoms with van der Waals surface area (Å²) in [4.78, 5) is 21.7. The molecule has 1 aromatic heterocycles. The smallest absolute Gasteiger partial charge is 0.368 e. The van der Waals surface area contributed by atoms with Crippen molar-refractivity contribution in [3.63, 3.8) is 0 Å². The Hall–Kier alpha value is -3.55. The van der Waals surface area contributed by atoms with Crippen LogP contribution in [0.2, 0.25) is 0 Å². The lowest BCUT2D eigenvalue weighted by Gasteiger charge is -2.49. The third kappa shape index (κ3) is 4.44. The van der Waals surface area contributed by atoms with Crippen molar-refractivity contribution in [2.45, 2.75) is 25.2 Å². The van der Waals surface area contributed by atoms with Gasteiger partial charge in [0.2, 0.25) is 5.91 Å². The molecule has 3 heterocycles. The van der Waals surface area contributed by atoms with Crippen LogP contribution in [0.15, 0.2) is 73.1 Å². The summed E-state index contributed by atoms with van der Waals surface area (Å²) in [5.74, 6) is -0.617. The van der Waals surface area contributed by atoms with Crippen molar-refractivity contribution < 1.29 is 18.0 Å². The van der Waals surface area contributed by atoms with Gasteiger partial charge in [-0.3, -0.25) is 9.78 Å². The van der Waals surface area contributed by atoms with Gasteiger partial charge in [0.1, 0.15) is 0 Å². The van der Waals surface area contributed by atoms with E-state index in [-0.39, 0.29) is 18.4 Å². The highest BCUT2D eigenvalue weighted by Crippen LogP contribution is 2.40. The molecule has 0 bridgehead atoms. The predicted octanol–water partition coefficient (Wildman–Crippen LogP) is 4.28. The van der Waals surface area contributed by atoms with Gasteiger partial charge >= 0.3 is 6.18 Å². The van der Waals surface area contributed by atoms with Gasteiger partial charge in [-0.1, -0.05) is 18.2 Å². The Morgan fingerprint density at radius 2 is 1.79 bits per heavy atom. The number of carbonyl (C=O) groups is 1. The second kappa shape index (κ2) is 9.00. The number of amides is 1. The number of benzene rings is 2. The maximum atomic E-state index is 13.4. The Labute approximate surface area is 196 Å². The fraction of sp³-hybridized carbons (Fsp3) is 0.308. The van der Waals surface area contributed by atoms with Crippen LogP contribution in [0.3, 0.4) is 0 Å². The molecule has 5 rings (SSSR count). The maximum Gasteiger partial charge on any atom is 0.416 e. The summed E-state index contributed by atoms with van der Waals surface area (Å²) in [6.45, 7) is 2.33. The first-order chi connectivity index (χ1) is 16.4. The zero-order valence-corrected chi connectivity index (χ0v) is 18.5. The molecule has 0 radical (unpaired) electrons. The Kier molecular flexibility index (Phi) is 5.89. The summed E-state index contributed by atoms with van der Waals surface area (Å²) in [7, 11) is 0. The molecule has 0 spiro atoms. The Balaban J connectivity index is 1.44. The molecule has 1 saturated heterocycles. The molecule has 2 atom stereocenters. The van der Waals surface area contributed by atoms with Crippen LogP contribution in [-0.4, -0.2) is 36.6 Å². The summed E-state index contributed by atoms with van der Waals surface area (Å²) < 4.78 is 40.2. The van der Waals surface area contributed by atoms with Gasteiger partial charge in [-0.2, -0.15) is 13.2 Å². The second-order valence-corrected chi connectivity index (χ2v) is 8.77. The van der Waals surface area contributed by atoms with E-state index in [9.17, 15) is 18.0 Å². The monoisotopic (exact) mass is 466 g/mol. The van der Waals surface area contributed by atoms with Gasteiger partial charge in [0.25, 0.3) is 0 Å². The summed E-state index contributed by atoms with van der Waals surface area (Å²) in [5.41, 5.74) is 2.69. The van der Waals surface area contributed by atoms with Crippen LogP contribution in [0.4, 0.5) is 24.5 Å². The molecular formula is C26H25F3N4O. The molecule has 3 aromatic rings. The lowest BCUT2D eigenvalue weighted by atomic mass is 9.82. The van der Waals surface area contributed by atoms with Crippen LogP contribution in [-0.2, 0) is 23.9 Å². The van der Waals surface area contributed by atoms with Crippen molar-refractivity contribution in [1.29, 1.82) is 0 Å². The van der Waals surface area contributed by atoms with E-state index < -0.39 is 17.7 Å². The second-order valence-electron chi connectivity index (χ2n) is 8.77. The minimum atomic E-state index is -4.42. The zero-order chi connectivity index (χ0) is 23.7. The third-order valence-corrected chi connectivity index (χ3v) is 6.71. The van der Waals surface area contributed by atoms with E-state index in [1.54, 1.807) is 18.5 Å². The molecule has 1 fully saturated rings. The summed E-state index contributed by atoms with van der Waals surface area (Å²) in [6.07, 6.45) is -0.822. The Bertz CT molecular complexity index is 1150. The quantitative estimate of drug-likeness (QED) is 0.624. The first kappa shape index (κ1) is 22.3. The van der Waals surface area contributed by atoms with Gasteiger partial charge in [0.15, 0.2) is 0 Å². The maximum absolute atomic E-state index is 13.4. The number of hydrogen-bond acceptors (Lipinski definition) is 4. The molecule has 5 nitrogen and oxygen atoms in total. The number of nitrogens with zero attached hydrogens (tertiary/aromatic N) is 3. The van der Waals surface area contributed by atoms with E-state index in [0.717, 1.165) is 29.5 Å². The fourth-order valence-corrected chi connectivity index (χ4v) is 4.99. The lowest BCUT2D eigenvalue weighted by Crippen LogP contribution is -2.61. The minimum Gasteiger partial charge on any atom is -0.368 e. The molecule has 176 valence electrons. The van der Waals surface area contributed by atoms with E-state index in [1.807, 2.05) is 42.5 Å². The average Bonchev–Trinajstić information content (AvgIpc) is 2.86. The molecule has 2 aliphatic heterocycles. The van der Waals surface area contributed by atoms with Crippen LogP contribution >= 0.6 is 0 Å². The molecule has 0 saturated carbocycles. The normalized spacial score (nSPS) is 19.9. The molecule has 34 heavy (non-hydrogen) atoms. The minimum absolute atomic E-state index is 0.143. The molecule has 8 heteroatoms. The molecule has 0 unspecified atom stereocenters. The van der Waals surface area contributed by atoms with Gasteiger partial charge in [0.05, 0.1) is 17.5 Å². The van der Waals surface area contributed by atoms with Crippen LogP contribution in [0.25, 0.3) is 0 Å². The van der Waals surface area contributed by atoms with E-state index in [1.165, 1.54) is 6.07 Å². The summed E-state index contributed by atoms with van der Waals surface area (Å²) >= 11 is 0. The number of pyridine rings is 1. The van der Waals surface area contributed by atoms with Crippen molar-refractivity contribution in [3.8, 4) is 0 Å². The molecule has 2 aromatic carbocycles. The number of carbonyl (C=O) groups excluding carboxylic acids is 1. The molecule has 0 aliphatic carbocycles. The highest BCUT2D eigenvalue weighted by atomic mass is 19.4. The van der Waals surface area contributed by atoms with Crippen LogP contribution < -0.4 is 15.1 Å². The highest BCUT2D eigenvalue weighted by molar-refractivity contribution is 5.82. The molecular weight excluding hydrogens is 441 g/mol. The van der Waals surface area contributed by atoms with Gasteiger partial charge in [-0.05, 0) is 60.0 Å². The predicted molar refractivity (Wildman–Crippen MR) is 125 cm³/mol. The fourth-order valence-electron chi connectivity index (χ4n) is 4.99. The van der Waals surface area contributed by atoms with Gasteiger partial charge in [0, 0.05) is 49.9 Å². The van der Waals surface area contributed by atoms with Crippen molar-refractivity contribution in [2.75, 3.05) is 29.4 Å². The van der Waals surface area contributed by atoms with Gasteiger partial charge in [-0.15, -0.1) is 0 Å². The molecule has 2 aliphatic rings. The topological polar surface area (TPSA) is 48.5 Å². The van der Waals surface area contributed by atoms with Crippen molar-refractivity contribution in [3.05, 3.63) is 89.7 Å². The number of rotatable bonds is 4. The van der Waals surface area contributed by atoms with Crippen LogP contribution in [0, 0.1) is 5.92 Å². The number of alkyl halides is 3. The first-order valence-corrected chi connectivity index (χ1v) is 11.3. The number of aromatic nitrogens is 1. The average molecular weight is 467 g/mol. The van der Waals surface area contributed by atoms with Crippen molar-refractivity contribution in [1.82, 2.24) is 10.3 Å². The largest absolute Gasteiger partial charge is 0.416 e. The number of fused-ring (bicyclic) bond motifs is 3. The molecule has 1 N–H and O–H groups in total. The van der Waals surface area contributed by atoms with Crippen molar-refractivity contribution >= 4 is 17.3 Å². The number of anilines is 2. The van der Waals surface area contributed by atoms with Gasteiger partial charge < -0.3 is 15.1 Å². The van der Waals surface area contributed by atoms with Crippen LogP contribution in [0.5, 0.6) is 0 Å². The number of para-hydroxylation sites is 1.